The third kappa shape index (κ3) is 6.90. The molecule has 0 saturated carbocycles. The third-order valence-corrected chi connectivity index (χ3v) is 6.63. The number of nitrogens with two attached hydrogens (primary N) is 1. The van der Waals surface area contributed by atoms with E-state index in [0.29, 0.717) is 30.4 Å². The van der Waals surface area contributed by atoms with Crippen LogP contribution in [0.3, 0.4) is 0 Å². The topological polar surface area (TPSA) is 135 Å². The molecule has 40 heavy (non-hydrogen) atoms. The zero-order valence-electron chi connectivity index (χ0n) is 23.8. The maximum absolute atomic E-state index is 14.1. The Kier molecular flexibility index (Phi) is 9.76. The fourth-order valence-electron chi connectivity index (χ4n) is 4.47. The Balaban J connectivity index is 2.01. The van der Waals surface area contributed by atoms with E-state index in [0.717, 1.165) is 30.4 Å². The number of aldehydes is 1. The van der Waals surface area contributed by atoms with Gasteiger partial charge in [-0.2, -0.15) is 0 Å². The van der Waals surface area contributed by atoms with E-state index in [9.17, 15) is 19.2 Å². The van der Waals surface area contributed by atoms with Gasteiger partial charge in [-0.3, -0.25) is 14.5 Å². The molecule has 0 aliphatic carbocycles. The number of hydrogen-bond donors (Lipinski definition) is 2. The molecule has 9 nitrogen and oxygen atoms in total. The second-order valence-electron chi connectivity index (χ2n) is 10.8. The maximum atomic E-state index is 14.1. The van der Waals surface area contributed by atoms with E-state index < -0.39 is 34.8 Å². The number of ketones is 1. The molecule has 1 heterocycles. The predicted molar refractivity (Wildman–Crippen MR) is 153 cm³/mol. The monoisotopic (exact) mass is 546 g/mol. The number of aromatic nitrogens is 2. The highest BCUT2D eigenvalue weighted by atomic mass is 16.6. The van der Waals surface area contributed by atoms with Gasteiger partial charge < -0.3 is 20.2 Å². The molecule has 0 saturated heterocycles. The number of Topliss-reactive ketones (excluding diaryl/α,β-unsaturated/α-hetero) is 1. The molecule has 2 atom stereocenters. The Morgan fingerprint density at radius 3 is 2.30 bits per heavy atom. The highest BCUT2D eigenvalue weighted by molar-refractivity contribution is 6.15. The van der Waals surface area contributed by atoms with Crippen LogP contribution >= 0.6 is 0 Å². The van der Waals surface area contributed by atoms with Crippen LogP contribution in [0.2, 0.25) is 0 Å². The molecule has 0 fully saturated rings. The Morgan fingerprint density at radius 1 is 1.05 bits per heavy atom. The van der Waals surface area contributed by atoms with Gasteiger partial charge in [0.2, 0.25) is 5.54 Å². The smallest absolute Gasteiger partial charge is 0.337 e. The molecular formula is C31H38N4O5. The average molecular weight is 547 g/mol. The number of amides is 1. The van der Waals surface area contributed by atoms with Gasteiger partial charge in [-0.25, -0.2) is 9.78 Å². The molecule has 0 aliphatic heterocycles. The van der Waals surface area contributed by atoms with Crippen molar-refractivity contribution in [3.05, 3.63) is 83.4 Å². The molecule has 212 valence electrons. The summed E-state index contributed by atoms with van der Waals surface area (Å²) in [6, 6.07) is 15.3. The highest BCUT2D eigenvalue weighted by Gasteiger charge is 2.54. The van der Waals surface area contributed by atoms with E-state index in [2.05, 4.69) is 22.1 Å². The molecule has 3 aromatic rings. The van der Waals surface area contributed by atoms with Crippen LogP contribution in [-0.4, -0.2) is 51.1 Å². The lowest BCUT2D eigenvalue weighted by Crippen LogP contribution is -2.70. The summed E-state index contributed by atoms with van der Waals surface area (Å²) in [7, 11) is 0. The van der Waals surface area contributed by atoms with Gasteiger partial charge in [0.05, 0.1) is 0 Å². The fourth-order valence-corrected chi connectivity index (χ4v) is 4.47. The Bertz CT molecular complexity index is 1350. The largest absolute Gasteiger partial charge is 0.458 e. The number of carbonyl (C=O) groups is 4. The molecule has 9 heteroatoms. The first kappa shape index (κ1) is 30.4. The summed E-state index contributed by atoms with van der Waals surface area (Å²) in [4.78, 5) is 61.4. The van der Waals surface area contributed by atoms with Crippen molar-refractivity contribution in [3.63, 3.8) is 0 Å². The second-order valence-corrected chi connectivity index (χ2v) is 10.8. The molecule has 1 aromatic heterocycles. The van der Waals surface area contributed by atoms with Crippen LogP contribution in [0, 0.1) is 0 Å². The lowest BCUT2D eigenvalue weighted by atomic mass is 9.85. The number of aryl methyl sites for hydroxylation is 3. The fraction of sp³-hybridized carbons (Fsp3) is 0.387. The van der Waals surface area contributed by atoms with E-state index in [1.54, 1.807) is 51.2 Å². The van der Waals surface area contributed by atoms with Crippen LogP contribution in [-0.2, 0) is 38.4 Å². The molecule has 0 spiro atoms. The average Bonchev–Trinajstić information content (AvgIpc) is 3.39. The van der Waals surface area contributed by atoms with E-state index in [1.807, 2.05) is 25.1 Å². The minimum atomic E-state index is -2.46. The Hall–Kier alpha value is -4.11. The second kappa shape index (κ2) is 12.8. The molecule has 1 amide bonds. The van der Waals surface area contributed by atoms with Gasteiger partial charge >= 0.3 is 5.97 Å². The van der Waals surface area contributed by atoms with Crippen molar-refractivity contribution in [3.8, 4) is 0 Å². The number of carbonyl (C=O) groups excluding carboxylic acids is 4. The van der Waals surface area contributed by atoms with Crippen molar-refractivity contribution in [1.82, 2.24) is 9.97 Å². The van der Waals surface area contributed by atoms with Crippen LogP contribution in [0.25, 0.3) is 0 Å². The Morgan fingerprint density at radius 2 is 1.70 bits per heavy atom. The molecule has 1 unspecified atom stereocenters. The first-order valence-electron chi connectivity index (χ1n) is 13.4. The van der Waals surface area contributed by atoms with Crippen molar-refractivity contribution < 1.29 is 23.9 Å². The van der Waals surface area contributed by atoms with Gasteiger partial charge in [-0.15, -0.1) is 0 Å². The minimum Gasteiger partial charge on any atom is -0.458 e. The standard InChI is InChI=1S/C31H38N4O5/c1-6-23-16-10-11-18-25(23)35(26(20-36)31(32,21(2)37)29(39)40-30(3,4)5)28(38)27-33-19-24(34-27)17-12-15-22-13-8-7-9-14-22/h7-11,13-14,16,18-20,26H,6,12,15,17,32H2,1-5H3,(H,33,34)/t26-,31?/m1/s1. The number of nitrogens with one attached hydrogen (secondary N) is 1. The summed E-state index contributed by atoms with van der Waals surface area (Å²) >= 11 is 0. The lowest BCUT2D eigenvalue weighted by molar-refractivity contribution is -0.165. The van der Waals surface area contributed by atoms with E-state index in [1.165, 1.54) is 5.56 Å². The summed E-state index contributed by atoms with van der Waals surface area (Å²) < 4.78 is 5.45. The number of aromatic amines is 1. The molecule has 0 bridgehead atoms. The highest BCUT2D eigenvalue weighted by Crippen LogP contribution is 2.30. The third-order valence-electron chi connectivity index (χ3n) is 6.63. The number of benzene rings is 2. The normalized spacial score (nSPS) is 13.7. The van der Waals surface area contributed by atoms with Crippen LogP contribution in [0.1, 0.15) is 68.5 Å². The predicted octanol–water partition coefficient (Wildman–Crippen LogP) is 3.99. The number of ether oxygens (including phenoxy) is 1. The molecule has 0 aliphatic rings. The van der Waals surface area contributed by atoms with Gasteiger partial charge in [0.1, 0.15) is 17.9 Å². The first-order valence-corrected chi connectivity index (χ1v) is 13.4. The van der Waals surface area contributed by atoms with Crippen molar-refractivity contribution in [2.45, 2.75) is 77.5 Å². The van der Waals surface area contributed by atoms with Gasteiger partial charge in [-0.05, 0) is 70.6 Å². The first-order chi connectivity index (χ1) is 18.9. The number of hydrogen-bond acceptors (Lipinski definition) is 7. The Labute approximate surface area is 235 Å². The number of H-pyrrole nitrogens is 1. The van der Waals surface area contributed by atoms with Crippen LogP contribution in [0.4, 0.5) is 5.69 Å². The summed E-state index contributed by atoms with van der Waals surface area (Å²) in [6.07, 6.45) is 4.76. The van der Waals surface area contributed by atoms with Crippen molar-refractivity contribution >= 4 is 29.6 Å². The van der Waals surface area contributed by atoms with Crippen molar-refractivity contribution in [2.75, 3.05) is 4.90 Å². The number of imidazole rings is 1. The van der Waals surface area contributed by atoms with Crippen LogP contribution in [0.5, 0.6) is 0 Å². The number of esters is 1. The summed E-state index contributed by atoms with van der Waals surface area (Å²) in [5.74, 6) is -2.65. The zero-order chi connectivity index (χ0) is 29.5. The number of para-hydroxylation sites is 1. The van der Waals surface area contributed by atoms with Crippen LogP contribution in [0.15, 0.2) is 60.8 Å². The molecule has 0 radical (unpaired) electrons. The maximum Gasteiger partial charge on any atom is 0.337 e. The van der Waals surface area contributed by atoms with Crippen LogP contribution < -0.4 is 10.6 Å². The van der Waals surface area contributed by atoms with E-state index in [4.69, 9.17) is 10.5 Å². The van der Waals surface area contributed by atoms with Crippen molar-refractivity contribution in [2.24, 2.45) is 5.73 Å². The van der Waals surface area contributed by atoms with E-state index in [-0.39, 0.29) is 5.82 Å². The van der Waals surface area contributed by atoms with Gasteiger partial charge in [-0.1, -0.05) is 55.5 Å². The number of anilines is 1. The molecular weight excluding hydrogens is 508 g/mol. The number of rotatable bonds is 12. The van der Waals surface area contributed by atoms with Gasteiger partial charge in [0, 0.05) is 17.6 Å². The summed E-state index contributed by atoms with van der Waals surface area (Å²) in [6.45, 7) is 7.87. The van der Waals surface area contributed by atoms with Gasteiger partial charge in [0.25, 0.3) is 5.91 Å². The number of nitrogens with zero attached hydrogens (tertiary/aromatic N) is 2. The summed E-state index contributed by atoms with van der Waals surface area (Å²) in [5.41, 5.74) is 5.99. The summed E-state index contributed by atoms with van der Waals surface area (Å²) in [5, 5.41) is 0. The molecule has 3 N–H and O–H groups in total. The minimum absolute atomic E-state index is 0.0393. The molecule has 3 rings (SSSR count). The molecule has 2 aromatic carbocycles. The van der Waals surface area contributed by atoms with E-state index >= 15 is 0 Å². The SMILES string of the molecule is CCc1ccccc1N(C(=O)c1ncc(CCCc2ccccc2)[nH]1)[C@H](C=O)C(N)(C(C)=O)C(=O)OC(C)(C)C. The van der Waals surface area contributed by atoms with Crippen molar-refractivity contribution in [1.29, 1.82) is 0 Å². The van der Waals surface area contributed by atoms with Gasteiger partial charge in [0.15, 0.2) is 11.6 Å². The zero-order valence-corrected chi connectivity index (χ0v) is 23.8. The lowest BCUT2D eigenvalue weighted by Gasteiger charge is -2.39. The quantitative estimate of drug-likeness (QED) is 0.199.